The first-order valence-electron chi connectivity index (χ1n) is 8.16. The minimum atomic E-state index is -3.56. The Hall–Kier alpha value is -1.89. The van der Waals surface area contributed by atoms with E-state index in [0.29, 0.717) is 5.69 Å². The highest BCUT2D eigenvalue weighted by atomic mass is 32.2. The van der Waals surface area contributed by atoms with E-state index in [1.165, 1.54) is 6.42 Å². The number of hydrazone groups is 1. The Balaban J connectivity index is 2.11. The Morgan fingerprint density at radius 3 is 2.42 bits per heavy atom. The number of sulfonamides is 1. The number of nitrogens with one attached hydrogen (secondary N) is 1. The van der Waals surface area contributed by atoms with Crippen LogP contribution in [0.1, 0.15) is 43.2 Å². The van der Waals surface area contributed by atoms with Crippen LogP contribution in [0.2, 0.25) is 0 Å². The maximum absolute atomic E-state index is 12.1. The average Bonchev–Trinajstić information content (AvgIpc) is 2.53. The summed E-state index contributed by atoms with van der Waals surface area (Å²) in [5.74, 6) is -0.434. The van der Waals surface area contributed by atoms with Crippen LogP contribution in [0.3, 0.4) is 0 Å². The molecule has 1 aliphatic carbocycles. The Labute approximate surface area is 144 Å². The van der Waals surface area contributed by atoms with Crippen molar-refractivity contribution in [1.82, 2.24) is 5.43 Å². The third-order valence-electron chi connectivity index (χ3n) is 4.24. The monoisotopic (exact) mass is 351 g/mol. The molecule has 0 unspecified atom stereocenters. The minimum Gasteiger partial charge on any atom is -0.271 e. The molecule has 1 N–H and O–H groups in total. The van der Waals surface area contributed by atoms with Gasteiger partial charge in [0.25, 0.3) is 5.91 Å². The zero-order valence-electron chi connectivity index (χ0n) is 14.5. The van der Waals surface area contributed by atoms with E-state index in [1.807, 2.05) is 19.9 Å². The zero-order chi connectivity index (χ0) is 17.7. The quantitative estimate of drug-likeness (QED) is 0.828. The molecule has 6 nitrogen and oxygen atoms in total. The van der Waals surface area contributed by atoms with Crippen LogP contribution in [-0.2, 0) is 14.8 Å². The van der Waals surface area contributed by atoms with Crippen molar-refractivity contribution >= 4 is 27.3 Å². The molecule has 0 spiro atoms. The van der Waals surface area contributed by atoms with Crippen molar-refractivity contribution in [3.63, 3.8) is 0 Å². The smallest absolute Gasteiger partial charge is 0.260 e. The molecule has 0 saturated heterocycles. The van der Waals surface area contributed by atoms with Gasteiger partial charge in [-0.2, -0.15) is 5.10 Å². The van der Waals surface area contributed by atoms with Crippen molar-refractivity contribution in [2.45, 2.75) is 46.0 Å². The van der Waals surface area contributed by atoms with E-state index >= 15 is 0 Å². The molecule has 1 fully saturated rings. The molecule has 1 aromatic carbocycles. The minimum absolute atomic E-state index is 0.280. The number of carbonyl (C=O) groups excluding carboxylic acids is 1. The van der Waals surface area contributed by atoms with Crippen molar-refractivity contribution in [3.8, 4) is 0 Å². The second kappa shape index (κ2) is 7.79. The van der Waals surface area contributed by atoms with E-state index in [9.17, 15) is 13.2 Å². The van der Waals surface area contributed by atoms with E-state index in [4.69, 9.17) is 0 Å². The lowest BCUT2D eigenvalue weighted by atomic mass is 9.99. The Bertz CT molecular complexity index is 733. The summed E-state index contributed by atoms with van der Waals surface area (Å²) in [7, 11) is -3.56. The van der Waals surface area contributed by atoms with Crippen LogP contribution in [0.15, 0.2) is 23.3 Å². The molecule has 7 heteroatoms. The molecule has 0 aromatic heterocycles. The van der Waals surface area contributed by atoms with Crippen molar-refractivity contribution < 1.29 is 13.2 Å². The third-order valence-corrected chi connectivity index (χ3v) is 5.38. The summed E-state index contributed by atoms with van der Waals surface area (Å²) >= 11 is 0. The first kappa shape index (κ1) is 18.4. The molecule has 0 atom stereocenters. The van der Waals surface area contributed by atoms with Gasteiger partial charge in [0, 0.05) is 5.71 Å². The zero-order valence-corrected chi connectivity index (χ0v) is 15.3. The van der Waals surface area contributed by atoms with Gasteiger partial charge in [0.05, 0.1) is 11.9 Å². The van der Waals surface area contributed by atoms with Gasteiger partial charge in [-0.05, 0) is 62.8 Å². The largest absolute Gasteiger partial charge is 0.271 e. The molecule has 1 saturated carbocycles. The topological polar surface area (TPSA) is 78.8 Å². The van der Waals surface area contributed by atoms with E-state index in [0.717, 1.165) is 53.1 Å². The molecule has 1 aliphatic rings. The average molecular weight is 351 g/mol. The van der Waals surface area contributed by atoms with Crippen LogP contribution in [0.5, 0.6) is 0 Å². The number of carbonyl (C=O) groups is 1. The van der Waals surface area contributed by atoms with Crippen molar-refractivity contribution in [2.75, 3.05) is 17.1 Å². The first-order valence-corrected chi connectivity index (χ1v) is 10.0. The second-order valence-corrected chi connectivity index (χ2v) is 8.22. The summed E-state index contributed by atoms with van der Waals surface area (Å²) in [6.07, 6.45) is 6.27. The van der Waals surface area contributed by atoms with Gasteiger partial charge in [0.15, 0.2) is 0 Å². The number of amides is 1. The number of hydrogen-bond donors (Lipinski definition) is 1. The van der Waals surface area contributed by atoms with Gasteiger partial charge < -0.3 is 0 Å². The van der Waals surface area contributed by atoms with Gasteiger partial charge in [-0.3, -0.25) is 9.10 Å². The molecule has 0 bridgehead atoms. The Kier molecular flexibility index (Phi) is 5.99. The van der Waals surface area contributed by atoms with Crippen LogP contribution in [0.4, 0.5) is 5.69 Å². The van der Waals surface area contributed by atoms with Crippen molar-refractivity contribution in [2.24, 2.45) is 5.10 Å². The van der Waals surface area contributed by atoms with Gasteiger partial charge >= 0.3 is 0 Å². The molecule has 0 heterocycles. The number of benzene rings is 1. The van der Waals surface area contributed by atoms with Crippen LogP contribution < -0.4 is 9.73 Å². The van der Waals surface area contributed by atoms with Crippen LogP contribution in [-0.4, -0.2) is 32.8 Å². The van der Waals surface area contributed by atoms with E-state index < -0.39 is 15.9 Å². The van der Waals surface area contributed by atoms with Crippen LogP contribution in [0.25, 0.3) is 0 Å². The number of aryl methyl sites for hydroxylation is 2. The highest BCUT2D eigenvalue weighted by Gasteiger charge is 2.21. The molecule has 1 aromatic rings. The molecular weight excluding hydrogens is 326 g/mol. The van der Waals surface area contributed by atoms with Crippen molar-refractivity contribution in [1.29, 1.82) is 0 Å². The van der Waals surface area contributed by atoms with Crippen LogP contribution in [0, 0.1) is 13.8 Å². The number of nitrogens with zero attached hydrogens (tertiary/aromatic N) is 2. The predicted octanol–water partition coefficient (Wildman–Crippen LogP) is 2.51. The first-order chi connectivity index (χ1) is 11.3. The highest BCUT2D eigenvalue weighted by Crippen LogP contribution is 2.21. The number of hydrogen-bond acceptors (Lipinski definition) is 4. The maximum Gasteiger partial charge on any atom is 0.260 e. The van der Waals surface area contributed by atoms with Gasteiger partial charge in [-0.25, -0.2) is 13.8 Å². The van der Waals surface area contributed by atoms with Gasteiger partial charge in [0.1, 0.15) is 6.54 Å². The van der Waals surface area contributed by atoms with Gasteiger partial charge in [-0.1, -0.05) is 12.5 Å². The number of rotatable bonds is 5. The fraction of sp³-hybridized carbons (Fsp3) is 0.529. The van der Waals surface area contributed by atoms with E-state index in [2.05, 4.69) is 10.5 Å². The lowest BCUT2D eigenvalue weighted by Crippen LogP contribution is -2.39. The van der Waals surface area contributed by atoms with Gasteiger partial charge in [-0.15, -0.1) is 0 Å². The maximum atomic E-state index is 12.1. The molecule has 132 valence electrons. The molecule has 24 heavy (non-hydrogen) atoms. The normalized spacial score (nSPS) is 15.0. The Morgan fingerprint density at radius 2 is 1.83 bits per heavy atom. The molecule has 0 aliphatic heterocycles. The molecule has 0 radical (unpaired) electrons. The molecule has 1 amide bonds. The van der Waals surface area contributed by atoms with Crippen LogP contribution >= 0.6 is 0 Å². The van der Waals surface area contributed by atoms with Gasteiger partial charge in [0.2, 0.25) is 10.0 Å². The standard InChI is InChI=1S/C17H25N3O3S/c1-13-9-10-16(11-14(13)2)20(24(3,22)23)12-17(21)19-18-15-7-5-4-6-8-15/h9-11H,4-8,12H2,1-3H3,(H,19,21). The third kappa shape index (κ3) is 5.06. The highest BCUT2D eigenvalue weighted by molar-refractivity contribution is 7.92. The lowest BCUT2D eigenvalue weighted by molar-refractivity contribution is -0.119. The fourth-order valence-corrected chi connectivity index (χ4v) is 3.51. The summed E-state index contributed by atoms with van der Waals surface area (Å²) in [5, 5.41) is 4.14. The number of anilines is 1. The summed E-state index contributed by atoms with van der Waals surface area (Å²) in [6.45, 7) is 3.59. The predicted molar refractivity (Wildman–Crippen MR) is 96.8 cm³/mol. The molecular formula is C17H25N3O3S. The van der Waals surface area contributed by atoms with E-state index in [1.54, 1.807) is 12.1 Å². The van der Waals surface area contributed by atoms with Crippen molar-refractivity contribution in [3.05, 3.63) is 29.3 Å². The van der Waals surface area contributed by atoms with E-state index in [-0.39, 0.29) is 6.54 Å². The second-order valence-electron chi connectivity index (χ2n) is 6.31. The summed E-state index contributed by atoms with van der Waals surface area (Å²) in [6, 6.07) is 5.34. The SMILES string of the molecule is Cc1ccc(N(CC(=O)NN=C2CCCCC2)S(C)(=O)=O)cc1C. The summed E-state index contributed by atoms with van der Waals surface area (Å²) < 4.78 is 25.3. The molecule has 2 rings (SSSR count). The Morgan fingerprint density at radius 1 is 1.17 bits per heavy atom. The summed E-state index contributed by atoms with van der Waals surface area (Å²) in [5.41, 5.74) is 6.00. The fourth-order valence-electron chi connectivity index (χ4n) is 2.66. The lowest BCUT2D eigenvalue weighted by Gasteiger charge is -2.22. The summed E-state index contributed by atoms with van der Waals surface area (Å²) in [4.78, 5) is 12.1.